The molecular weight excluding hydrogens is 290 g/mol. The summed E-state index contributed by atoms with van der Waals surface area (Å²) in [4.78, 5) is 15.1. The minimum atomic E-state index is 0.252. The van der Waals surface area contributed by atoms with E-state index in [2.05, 4.69) is 25.2 Å². The quantitative estimate of drug-likeness (QED) is 0.865. The van der Waals surface area contributed by atoms with Crippen LogP contribution < -0.4 is 10.2 Å². The normalized spacial score (nSPS) is 21.1. The molecule has 7 heteroatoms. The Bertz CT molecular complexity index is 459. The molecule has 0 atom stereocenters. The van der Waals surface area contributed by atoms with Gasteiger partial charge >= 0.3 is 0 Å². The molecule has 0 unspecified atom stereocenters. The fourth-order valence-corrected chi connectivity index (χ4v) is 3.07. The van der Waals surface area contributed by atoms with Gasteiger partial charge in [0.2, 0.25) is 17.2 Å². The van der Waals surface area contributed by atoms with Crippen molar-refractivity contribution in [2.24, 2.45) is 0 Å². The third-order valence-corrected chi connectivity index (χ3v) is 4.25. The molecule has 21 heavy (non-hydrogen) atoms. The molecule has 2 heterocycles. The Kier molecular flexibility index (Phi) is 5.08. The second-order valence-electron chi connectivity index (χ2n) is 5.66. The molecule has 0 amide bonds. The SMILES string of the molecule is Clc1nc(NC2CCCCCC2)nc(N2CCOCC2)n1. The van der Waals surface area contributed by atoms with Crippen LogP contribution in [0.3, 0.4) is 0 Å². The van der Waals surface area contributed by atoms with Crippen LogP contribution in [0, 0.1) is 0 Å². The van der Waals surface area contributed by atoms with Crippen LogP contribution in [0.2, 0.25) is 5.28 Å². The van der Waals surface area contributed by atoms with Crippen LogP contribution in [0.15, 0.2) is 0 Å². The van der Waals surface area contributed by atoms with Gasteiger partial charge in [0.05, 0.1) is 13.2 Å². The van der Waals surface area contributed by atoms with Gasteiger partial charge in [0.25, 0.3) is 0 Å². The molecule has 1 saturated carbocycles. The average Bonchev–Trinajstić information content (AvgIpc) is 2.76. The fraction of sp³-hybridized carbons (Fsp3) is 0.786. The van der Waals surface area contributed by atoms with Crippen molar-refractivity contribution in [1.29, 1.82) is 0 Å². The van der Waals surface area contributed by atoms with Gasteiger partial charge in [-0.05, 0) is 24.4 Å². The molecule has 1 N–H and O–H groups in total. The lowest BCUT2D eigenvalue weighted by Gasteiger charge is -2.27. The zero-order valence-electron chi connectivity index (χ0n) is 12.2. The van der Waals surface area contributed by atoms with Crippen LogP contribution in [0.4, 0.5) is 11.9 Å². The van der Waals surface area contributed by atoms with Gasteiger partial charge in [-0.2, -0.15) is 15.0 Å². The van der Waals surface area contributed by atoms with Gasteiger partial charge in [-0.25, -0.2) is 0 Å². The van der Waals surface area contributed by atoms with Crippen LogP contribution in [0.1, 0.15) is 38.5 Å². The van der Waals surface area contributed by atoms with Gasteiger partial charge in [0.1, 0.15) is 0 Å². The second-order valence-corrected chi connectivity index (χ2v) is 6.00. The summed E-state index contributed by atoms with van der Waals surface area (Å²) in [5.74, 6) is 1.25. The average molecular weight is 312 g/mol. The predicted molar refractivity (Wildman–Crippen MR) is 83.0 cm³/mol. The summed E-state index contributed by atoms with van der Waals surface area (Å²) < 4.78 is 5.36. The second kappa shape index (κ2) is 7.22. The molecule has 0 radical (unpaired) electrons. The molecule has 0 aromatic carbocycles. The molecule has 6 nitrogen and oxygen atoms in total. The van der Waals surface area contributed by atoms with E-state index in [1.54, 1.807) is 0 Å². The minimum Gasteiger partial charge on any atom is -0.378 e. The number of morpholine rings is 1. The van der Waals surface area contributed by atoms with Crippen molar-refractivity contribution in [3.05, 3.63) is 5.28 Å². The van der Waals surface area contributed by atoms with E-state index in [0.717, 1.165) is 13.1 Å². The number of aromatic nitrogens is 3. The number of nitrogens with one attached hydrogen (secondary N) is 1. The number of nitrogens with zero attached hydrogens (tertiary/aromatic N) is 4. The molecule has 2 fully saturated rings. The highest BCUT2D eigenvalue weighted by molar-refractivity contribution is 6.28. The van der Waals surface area contributed by atoms with Crippen LogP contribution in [-0.4, -0.2) is 47.3 Å². The molecular formula is C14H22ClN5O. The number of ether oxygens (including phenoxy) is 1. The Hall–Kier alpha value is -1.14. The van der Waals surface area contributed by atoms with Gasteiger partial charge in [0.15, 0.2) is 0 Å². The van der Waals surface area contributed by atoms with Gasteiger partial charge in [-0.3, -0.25) is 0 Å². The van der Waals surface area contributed by atoms with E-state index in [4.69, 9.17) is 16.3 Å². The first kappa shape index (κ1) is 14.8. The lowest BCUT2D eigenvalue weighted by atomic mass is 10.1. The maximum atomic E-state index is 6.06. The molecule has 2 aliphatic rings. The zero-order chi connectivity index (χ0) is 14.5. The van der Waals surface area contributed by atoms with Crippen molar-refractivity contribution in [3.8, 4) is 0 Å². The van der Waals surface area contributed by atoms with E-state index in [1.165, 1.54) is 38.5 Å². The van der Waals surface area contributed by atoms with Crippen molar-refractivity contribution >= 4 is 23.5 Å². The van der Waals surface area contributed by atoms with E-state index in [1.807, 2.05) is 0 Å². The standard InChI is InChI=1S/C14H22ClN5O/c15-12-17-13(16-11-5-3-1-2-4-6-11)19-14(18-12)20-7-9-21-10-8-20/h11H,1-10H2,(H,16,17,18,19). The van der Waals surface area contributed by atoms with E-state index >= 15 is 0 Å². The van der Waals surface area contributed by atoms with Crippen molar-refractivity contribution in [1.82, 2.24) is 15.0 Å². The Morgan fingerprint density at radius 3 is 2.43 bits per heavy atom. The first-order valence-corrected chi connectivity index (χ1v) is 8.20. The van der Waals surface area contributed by atoms with Crippen molar-refractivity contribution < 1.29 is 4.74 Å². The highest BCUT2D eigenvalue weighted by atomic mass is 35.5. The van der Waals surface area contributed by atoms with Gasteiger partial charge < -0.3 is 15.0 Å². The lowest BCUT2D eigenvalue weighted by Crippen LogP contribution is -2.37. The molecule has 0 spiro atoms. The molecule has 1 aliphatic carbocycles. The van der Waals surface area contributed by atoms with E-state index in [0.29, 0.717) is 31.2 Å². The third-order valence-electron chi connectivity index (χ3n) is 4.08. The van der Waals surface area contributed by atoms with Crippen LogP contribution in [0.25, 0.3) is 0 Å². The molecule has 1 aromatic heterocycles. The number of hydrogen-bond acceptors (Lipinski definition) is 6. The minimum absolute atomic E-state index is 0.252. The summed E-state index contributed by atoms with van der Waals surface area (Å²) >= 11 is 6.06. The van der Waals surface area contributed by atoms with Crippen molar-refractivity contribution in [2.75, 3.05) is 36.5 Å². The maximum Gasteiger partial charge on any atom is 0.231 e. The van der Waals surface area contributed by atoms with Gasteiger partial charge in [0, 0.05) is 19.1 Å². The summed E-state index contributed by atoms with van der Waals surface area (Å²) in [6.07, 6.45) is 7.55. The smallest absolute Gasteiger partial charge is 0.231 e. The summed E-state index contributed by atoms with van der Waals surface area (Å²) in [6.45, 7) is 3.00. The zero-order valence-corrected chi connectivity index (χ0v) is 13.0. The van der Waals surface area contributed by atoms with E-state index in [9.17, 15) is 0 Å². The Morgan fingerprint density at radius 2 is 1.71 bits per heavy atom. The molecule has 0 bridgehead atoms. The largest absolute Gasteiger partial charge is 0.378 e. The Labute approximate surface area is 130 Å². The summed E-state index contributed by atoms with van der Waals surface area (Å²) in [5.41, 5.74) is 0. The van der Waals surface area contributed by atoms with Gasteiger partial charge in [-0.1, -0.05) is 25.7 Å². The molecule has 116 valence electrons. The first-order valence-electron chi connectivity index (χ1n) is 7.82. The van der Waals surface area contributed by atoms with Crippen LogP contribution in [0.5, 0.6) is 0 Å². The predicted octanol–water partition coefficient (Wildman–Crippen LogP) is 2.50. The highest BCUT2D eigenvalue weighted by Gasteiger charge is 2.18. The van der Waals surface area contributed by atoms with Gasteiger partial charge in [-0.15, -0.1) is 0 Å². The molecule has 1 aromatic rings. The van der Waals surface area contributed by atoms with Crippen LogP contribution in [-0.2, 0) is 4.74 Å². The molecule has 1 saturated heterocycles. The van der Waals surface area contributed by atoms with Crippen LogP contribution >= 0.6 is 11.6 Å². The lowest BCUT2D eigenvalue weighted by molar-refractivity contribution is 0.122. The number of hydrogen-bond donors (Lipinski definition) is 1. The number of halogens is 1. The van der Waals surface area contributed by atoms with Crippen molar-refractivity contribution in [2.45, 2.75) is 44.6 Å². The monoisotopic (exact) mass is 311 g/mol. The topological polar surface area (TPSA) is 63.2 Å². The first-order chi connectivity index (χ1) is 10.3. The maximum absolute atomic E-state index is 6.06. The number of anilines is 2. The molecule has 3 rings (SSSR count). The summed E-state index contributed by atoms with van der Waals surface area (Å²) in [6, 6.07) is 0.448. The fourth-order valence-electron chi connectivity index (χ4n) is 2.92. The Balaban J connectivity index is 1.70. The third kappa shape index (κ3) is 4.17. The summed E-state index contributed by atoms with van der Waals surface area (Å²) in [5, 5.41) is 3.69. The number of rotatable bonds is 3. The van der Waals surface area contributed by atoms with E-state index in [-0.39, 0.29) is 5.28 Å². The summed E-state index contributed by atoms with van der Waals surface area (Å²) in [7, 11) is 0. The Morgan fingerprint density at radius 1 is 1.00 bits per heavy atom. The molecule has 1 aliphatic heterocycles. The highest BCUT2D eigenvalue weighted by Crippen LogP contribution is 2.21. The van der Waals surface area contributed by atoms with E-state index < -0.39 is 0 Å². The van der Waals surface area contributed by atoms with Crippen molar-refractivity contribution in [3.63, 3.8) is 0 Å².